The maximum Gasteiger partial charge on any atom is 0.349 e. The first-order valence-corrected chi connectivity index (χ1v) is 15.3. The molecule has 0 amide bonds. The highest BCUT2D eigenvalue weighted by atomic mass is 19.1. The number of fused-ring (bicyclic) bond motifs is 5. The van der Waals surface area contributed by atoms with E-state index in [1.165, 1.54) is 44.2 Å². The Morgan fingerprint density at radius 3 is 2.57 bits per heavy atom. The second-order valence-corrected chi connectivity index (χ2v) is 12.3. The van der Waals surface area contributed by atoms with Crippen LogP contribution in [0, 0.1) is 25.1 Å². The van der Waals surface area contributed by atoms with Gasteiger partial charge in [0.05, 0.1) is 18.2 Å². The zero-order valence-electron chi connectivity index (χ0n) is 24.8. The van der Waals surface area contributed by atoms with Gasteiger partial charge in [-0.3, -0.25) is 4.90 Å². The summed E-state index contributed by atoms with van der Waals surface area (Å²) in [5.74, 6) is 2.41. The minimum atomic E-state index is -0.613. The molecule has 2 aromatic carbocycles. The van der Waals surface area contributed by atoms with Crippen LogP contribution < -0.4 is 15.3 Å². The number of piperidine rings is 1. The van der Waals surface area contributed by atoms with Crippen LogP contribution in [0.1, 0.15) is 56.1 Å². The zero-order chi connectivity index (χ0) is 30.7. The van der Waals surface area contributed by atoms with Crippen molar-refractivity contribution in [2.45, 2.75) is 76.2 Å². The van der Waals surface area contributed by atoms with Crippen molar-refractivity contribution in [1.29, 1.82) is 0 Å². The molecule has 0 spiro atoms. The molecule has 44 heavy (non-hydrogen) atoms. The van der Waals surface area contributed by atoms with E-state index in [-0.39, 0.29) is 28.5 Å². The van der Waals surface area contributed by atoms with Gasteiger partial charge in [0.15, 0.2) is 5.82 Å². The van der Waals surface area contributed by atoms with Crippen LogP contribution in [-0.4, -0.2) is 64.5 Å². The van der Waals surface area contributed by atoms with Crippen LogP contribution in [0.25, 0.3) is 33.0 Å². The van der Waals surface area contributed by atoms with Crippen LogP contribution in [0.2, 0.25) is 0 Å². The van der Waals surface area contributed by atoms with Crippen LogP contribution in [0.5, 0.6) is 11.8 Å². The quantitative estimate of drug-likeness (QED) is 0.292. The zero-order valence-corrected chi connectivity index (χ0v) is 24.8. The minimum Gasteiger partial charge on any atom is -0.508 e. The van der Waals surface area contributed by atoms with Crippen LogP contribution in [0.15, 0.2) is 33.5 Å². The van der Waals surface area contributed by atoms with Gasteiger partial charge >= 0.3 is 11.6 Å². The number of phenolic OH excluding ortho intramolecular Hbond substituents is 1. The fraction of sp³-hybridized carbons (Fsp3) is 0.441. The highest BCUT2D eigenvalue weighted by Gasteiger charge is 2.43. The molecule has 4 aliphatic rings. The maximum absolute atomic E-state index is 14.6. The van der Waals surface area contributed by atoms with Crippen LogP contribution in [-0.2, 0) is 0 Å². The molecule has 4 atom stereocenters. The summed E-state index contributed by atoms with van der Waals surface area (Å²) in [4.78, 5) is 27.0. The van der Waals surface area contributed by atoms with E-state index in [4.69, 9.17) is 15.6 Å². The predicted octanol–water partition coefficient (Wildman–Crippen LogP) is 5.87. The summed E-state index contributed by atoms with van der Waals surface area (Å²) in [6.07, 6.45) is 12.8. The smallest absolute Gasteiger partial charge is 0.349 e. The molecule has 1 N–H and O–H groups in total. The summed E-state index contributed by atoms with van der Waals surface area (Å²) in [5.41, 5.74) is 0.640. The summed E-state index contributed by atoms with van der Waals surface area (Å²) in [6.45, 7) is 3.62. The Hall–Kier alpha value is -4.23. The number of methoxy groups -OCH3 is 1. The Bertz CT molecular complexity index is 1860. The summed E-state index contributed by atoms with van der Waals surface area (Å²) in [7, 11) is 1.48. The molecule has 10 heteroatoms. The molecule has 4 saturated heterocycles. The highest BCUT2D eigenvalue weighted by Crippen LogP contribution is 2.44. The van der Waals surface area contributed by atoms with Gasteiger partial charge in [-0.05, 0) is 82.0 Å². The molecule has 4 aliphatic heterocycles. The second kappa shape index (κ2) is 11.0. The molecule has 0 aliphatic carbocycles. The number of hydrogen-bond donors (Lipinski definition) is 1. The number of ether oxygens (including phenoxy) is 1. The second-order valence-electron chi connectivity index (χ2n) is 12.3. The summed E-state index contributed by atoms with van der Waals surface area (Å²) in [5, 5.41) is 11.6. The van der Waals surface area contributed by atoms with Gasteiger partial charge in [-0.25, -0.2) is 13.6 Å². The fourth-order valence-corrected chi connectivity index (χ4v) is 7.67. The number of anilines is 1. The SMILES string of the molecule is C#Cc1c(F)ccc2cc(O)cc(-c3oc(=O)c4c(N5C6CCCC5C6)nc(OC)nc4c3C)c12.FC1CC2CCCN2C1. The predicted molar refractivity (Wildman–Crippen MR) is 164 cm³/mol. The van der Waals surface area contributed by atoms with Gasteiger partial charge in [-0.1, -0.05) is 12.0 Å². The van der Waals surface area contributed by atoms with E-state index in [0.717, 1.165) is 38.6 Å². The number of aromatic hydroxyl groups is 1. The number of phenols is 1. The van der Waals surface area contributed by atoms with Gasteiger partial charge in [0.1, 0.15) is 28.9 Å². The third-order valence-electron chi connectivity index (χ3n) is 9.70. The lowest BCUT2D eigenvalue weighted by atomic mass is 9.79. The Morgan fingerprint density at radius 2 is 1.86 bits per heavy atom. The molecule has 0 radical (unpaired) electrons. The normalized spacial score (nSPS) is 24.0. The van der Waals surface area contributed by atoms with E-state index in [1.54, 1.807) is 6.92 Å². The number of hydrogen-bond acceptors (Lipinski definition) is 8. The van der Waals surface area contributed by atoms with Crippen LogP contribution in [0.4, 0.5) is 14.6 Å². The van der Waals surface area contributed by atoms with Crippen LogP contribution >= 0.6 is 0 Å². The Labute approximate surface area is 253 Å². The van der Waals surface area contributed by atoms with Crippen molar-refractivity contribution in [2.75, 3.05) is 25.1 Å². The average Bonchev–Trinajstić information content (AvgIpc) is 3.60. The molecule has 2 aromatic heterocycles. The van der Waals surface area contributed by atoms with Gasteiger partial charge in [0.25, 0.3) is 0 Å². The standard InChI is InChI=1S/C27H22FN3O4.C7H12FN/c1-4-18-20(28)9-8-14-10-17(32)12-19(21(14)18)24-13(2)23-22(26(33)35-24)25(30-27(29-23)34-3)31-15-6-5-7-16(31)11-15;8-6-4-7-2-1-3-9(7)5-6/h1,8-10,12,15-16,32H,5-7,11H2,2-3H3;6-7H,1-5H2. The molecule has 4 unspecified atom stereocenters. The lowest BCUT2D eigenvalue weighted by molar-refractivity contribution is 0.241. The van der Waals surface area contributed by atoms with E-state index in [2.05, 4.69) is 25.7 Å². The first kappa shape index (κ1) is 28.5. The number of halogens is 2. The van der Waals surface area contributed by atoms with Gasteiger partial charge in [-0.2, -0.15) is 9.97 Å². The molecule has 6 heterocycles. The molecular weight excluding hydrogens is 566 g/mol. The number of aromatic nitrogens is 2. The molecular formula is C34H34F2N4O4. The molecule has 4 aromatic rings. The minimum absolute atomic E-state index is 0.0222. The van der Waals surface area contributed by atoms with Crippen molar-refractivity contribution in [3.63, 3.8) is 0 Å². The van der Waals surface area contributed by atoms with E-state index in [0.29, 0.717) is 57.9 Å². The first-order valence-electron chi connectivity index (χ1n) is 15.3. The van der Waals surface area contributed by atoms with Crippen molar-refractivity contribution in [2.24, 2.45) is 0 Å². The third-order valence-corrected chi connectivity index (χ3v) is 9.70. The summed E-state index contributed by atoms with van der Waals surface area (Å²) < 4.78 is 38.5. The maximum atomic E-state index is 14.6. The number of aryl methyl sites for hydroxylation is 1. The Kier molecular flexibility index (Phi) is 7.16. The van der Waals surface area contributed by atoms with Crippen molar-refractivity contribution in [3.8, 4) is 35.4 Å². The first-order chi connectivity index (χ1) is 21.3. The average molecular weight is 601 g/mol. The molecule has 2 bridgehead atoms. The number of nitrogens with zero attached hydrogens (tertiary/aromatic N) is 4. The number of rotatable bonds is 3. The van der Waals surface area contributed by atoms with Crippen molar-refractivity contribution >= 4 is 27.5 Å². The lowest BCUT2D eigenvalue weighted by Gasteiger charge is -2.53. The molecule has 8 rings (SSSR count). The number of alkyl halides is 1. The van der Waals surface area contributed by atoms with Gasteiger partial charge in [-0.15, -0.1) is 6.42 Å². The highest BCUT2D eigenvalue weighted by molar-refractivity contribution is 6.03. The fourth-order valence-electron chi connectivity index (χ4n) is 7.67. The Balaban J connectivity index is 0.000000296. The molecule has 0 saturated carbocycles. The Morgan fingerprint density at radius 1 is 1.09 bits per heavy atom. The van der Waals surface area contributed by atoms with Crippen molar-refractivity contribution < 1.29 is 23.0 Å². The van der Waals surface area contributed by atoms with Crippen molar-refractivity contribution in [1.82, 2.24) is 14.9 Å². The monoisotopic (exact) mass is 600 g/mol. The molecule has 8 nitrogen and oxygen atoms in total. The van der Waals surface area contributed by atoms with E-state index >= 15 is 0 Å². The van der Waals surface area contributed by atoms with E-state index in [1.807, 2.05) is 0 Å². The molecule has 228 valence electrons. The number of benzene rings is 2. The summed E-state index contributed by atoms with van der Waals surface area (Å²) in [6, 6.07) is 7.08. The molecule has 4 fully saturated rings. The van der Waals surface area contributed by atoms with Gasteiger partial charge in [0.2, 0.25) is 0 Å². The third kappa shape index (κ3) is 4.65. The van der Waals surface area contributed by atoms with E-state index < -0.39 is 17.6 Å². The van der Waals surface area contributed by atoms with Gasteiger partial charge < -0.3 is 19.2 Å². The topological polar surface area (TPSA) is 91.9 Å². The summed E-state index contributed by atoms with van der Waals surface area (Å²) >= 11 is 0. The van der Waals surface area contributed by atoms with Crippen LogP contribution in [0.3, 0.4) is 0 Å². The van der Waals surface area contributed by atoms with Crippen molar-refractivity contribution in [3.05, 3.63) is 51.6 Å². The number of terminal acetylenes is 1. The largest absolute Gasteiger partial charge is 0.508 e. The van der Waals surface area contributed by atoms with E-state index in [9.17, 15) is 18.7 Å². The van der Waals surface area contributed by atoms with Gasteiger partial charge in [0, 0.05) is 41.2 Å². The lowest BCUT2D eigenvalue weighted by Crippen LogP contribution is -2.59.